The van der Waals surface area contributed by atoms with Gasteiger partial charge in [-0.2, -0.15) is 0 Å². The summed E-state index contributed by atoms with van der Waals surface area (Å²) in [5, 5.41) is 13.1. The number of ether oxygens (including phenoxy) is 1. The largest absolute Gasteiger partial charge is 0.496 e. The monoisotopic (exact) mass is 348 g/mol. The maximum absolute atomic E-state index is 12.0. The summed E-state index contributed by atoms with van der Waals surface area (Å²) >= 11 is 1.62. The van der Waals surface area contributed by atoms with E-state index in [4.69, 9.17) is 9.84 Å². The van der Waals surface area contributed by atoms with E-state index in [1.807, 2.05) is 46.7 Å². The van der Waals surface area contributed by atoms with E-state index in [0.29, 0.717) is 13.1 Å². The van der Waals surface area contributed by atoms with Crippen molar-refractivity contribution in [1.82, 2.24) is 10.2 Å². The molecule has 0 aliphatic rings. The molecular weight excluding hydrogens is 328 g/mol. The number of nitrogens with one attached hydrogen (secondary N) is 1. The lowest BCUT2D eigenvalue weighted by Crippen LogP contribution is -2.38. The lowest BCUT2D eigenvalue weighted by atomic mass is 10.2. The second-order valence-corrected chi connectivity index (χ2v) is 6.24. The molecule has 1 heterocycles. The van der Waals surface area contributed by atoms with Crippen LogP contribution in [-0.2, 0) is 22.7 Å². The Hall–Kier alpha value is -2.38. The van der Waals surface area contributed by atoms with Gasteiger partial charge < -0.3 is 15.2 Å². The number of rotatable bonds is 9. The minimum Gasteiger partial charge on any atom is -0.496 e. The van der Waals surface area contributed by atoms with Gasteiger partial charge in [0.2, 0.25) is 5.91 Å². The Morgan fingerprint density at radius 2 is 2.00 bits per heavy atom. The zero-order chi connectivity index (χ0) is 17.4. The number of thiophene rings is 1. The van der Waals surface area contributed by atoms with Crippen molar-refractivity contribution in [2.75, 3.05) is 20.2 Å². The fourth-order valence-corrected chi connectivity index (χ4v) is 3.04. The van der Waals surface area contributed by atoms with Crippen LogP contribution < -0.4 is 10.1 Å². The summed E-state index contributed by atoms with van der Waals surface area (Å²) < 4.78 is 5.36. The number of hydrogen-bond donors (Lipinski definition) is 2. The summed E-state index contributed by atoms with van der Waals surface area (Å²) in [7, 11) is 1.61. The summed E-state index contributed by atoms with van der Waals surface area (Å²) in [5.74, 6) is -0.610. The molecular formula is C17H20N2O4S. The topological polar surface area (TPSA) is 78.9 Å². The third-order valence-electron chi connectivity index (χ3n) is 3.35. The number of amides is 1. The van der Waals surface area contributed by atoms with Gasteiger partial charge in [-0.3, -0.25) is 14.5 Å². The van der Waals surface area contributed by atoms with Gasteiger partial charge in [0.1, 0.15) is 12.3 Å². The third kappa shape index (κ3) is 5.68. The van der Waals surface area contributed by atoms with Crippen LogP contribution in [0.4, 0.5) is 0 Å². The molecule has 2 rings (SSSR count). The Kier molecular flexibility index (Phi) is 6.77. The summed E-state index contributed by atoms with van der Waals surface area (Å²) in [6.07, 6.45) is 0. The van der Waals surface area contributed by atoms with Crippen LogP contribution in [0, 0.1) is 0 Å². The molecule has 1 aromatic carbocycles. The fourth-order valence-electron chi connectivity index (χ4n) is 2.30. The molecule has 1 aromatic heterocycles. The summed E-state index contributed by atoms with van der Waals surface area (Å²) in [6.45, 7) is 0.877. The summed E-state index contributed by atoms with van der Waals surface area (Å²) in [5.41, 5.74) is 0.975. The molecule has 0 fully saturated rings. The molecule has 2 N–H and O–H groups in total. The molecule has 0 aliphatic carbocycles. The minimum absolute atomic E-state index is 0.114. The van der Waals surface area contributed by atoms with Gasteiger partial charge >= 0.3 is 5.97 Å². The first-order chi connectivity index (χ1) is 11.6. The van der Waals surface area contributed by atoms with E-state index >= 15 is 0 Å². The predicted octanol–water partition coefficient (Wildman–Crippen LogP) is 1.96. The lowest BCUT2D eigenvalue weighted by Gasteiger charge is -2.22. The Morgan fingerprint density at radius 3 is 2.67 bits per heavy atom. The molecule has 7 heteroatoms. The first-order valence-electron chi connectivity index (χ1n) is 7.43. The predicted molar refractivity (Wildman–Crippen MR) is 92.1 cm³/mol. The van der Waals surface area contributed by atoms with Crippen molar-refractivity contribution in [2.24, 2.45) is 0 Å². The van der Waals surface area contributed by atoms with Gasteiger partial charge in [-0.05, 0) is 17.5 Å². The highest BCUT2D eigenvalue weighted by molar-refractivity contribution is 7.09. The molecule has 0 saturated heterocycles. The minimum atomic E-state index is -1.06. The van der Waals surface area contributed by atoms with Crippen molar-refractivity contribution < 1.29 is 19.4 Å². The highest BCUT2D eigenvalue weighted by Crippen LogP contribution is 2.21. The lowest BCUT2D eigenvalue weighted by molar-refractivity contribution is -0.138. The molecule has 0 saturated carbocycles. The average Bonchev–Trinajstić information content (AvgIpc) is 3.06. The molecule has 128 valence electrons. The van der Waals surface area contributed by atoms with Gasteiger partial charge in [0.25, 0.3) is 0 Å². The molecule has 0 spiro atoms. The van der Waals surface area contributed by atoms with Crippen molar-refractivity contribution in [3.63, 3.8) is 0 Å². The van der Waals surface area contributed by atoms with E-state index in [1.54, 1.807) is 18.4 Å². The van der Waals surface area contributed by atoms with Crippen LogP contribution in [0.25, 0.3) is 0 Å². The van der Waals surface area contributed by atoms with Crippen molar-refractivity contribution >= 4 is 23.2 Å². The number of carbonyl (C=O) groups is 2. The number of methoxy groups -OCH3 is 1. The van der Waals surface area contributed by atoms with Crippen LogP contribution in [0.15, 0.2) is 41.8 Å². The van der Waals surface area contributed by atoms with Gasteiger partial charge in [-0.1, -0.05) is 24.3 Å². The molecule has 0 radical (unpaired) electrons. The van der Waals surface area contributed by atoms with E-state index in [9.17, 15) is 9.59 Å². The van der Waals surface area contributed by atoms with E-state index in [0.717, 1.165) is 16.2 Å². The maximum atomic E-state index is 12.0. The van der Waals surface area contributed by atoms with Gasteiger partial charge in [-0.25, -0.2) is 0 Å². The second-order valence-electron chi connectivity index (χ2n) is 5.21. The van der Waals surface area contributed by atoms with Gasteiger partial charge in [-0.15, -0.1) is 11.3 Å². The SMILES string of the molecule is COc1ccccc1CN(CC(=O)NCC(=O)O)Cc1cccs1. The van der Waals surface area contributed by atoms with Crippen molar-refractivity contribution in [1.29, 1.82) is 0 Å². The normalized spacial score (nSPS) is 10.6. The van der Waals surface area contributed by atoms with Crippen molar-refractivity contribution in [2.45, 2.75) is 13.1 Å². The van der Waals surface area contributed by atoms with E-state index in [-0.39, 0.29) is 19.0 Å². The van der Waals surface area contributed by atoms with Crippen LogP contribution in [0.1, 0.15) is 10.4 Å². The number of hydrogen-bond acceptors (Lipinski definition) is 5. The first kappa shape index (κ1) is 18.0. The number of carboxylic acid groups (broad SMARTS) is 1. The highest BCUT2D eigenvalue weighted by Gasteiger charge is 2.15. The van der Waals surface area contributed by atoms with Gasteiger partial charge in [0, 0.05) is 23.5 Å². The average molecular weight is 348 g/mol. The molecule has 0 unspecified atom stereocenters. The number of carbonyl (C=O) groups excluding carboxylic acids is 1. The van der Waals surface area contributed by atoms with Crippen LogP contribution in [0.2, 0.25) is 0 Å². The van der Waals surface area contributed by atoms with Crippen LogP contribution in [-0.4, -0.2) is 42.1 Å². The Balaban J connectivity index is 2.07. The number of para-hydroxylation sites is 1. The van der Waals surface area contributed by atoms with Crippen LogP contribution in [0.3, 0.4) is 0 Å². The van der Waals surface area contributed by atoms with Gasteiger partial charge in [0.05, 0.1) is 13.7 Å². The fraction of sp³-hybridized carbons (Fsp3) is 0.294. The number of carboxylic acids is 1. The van der Waals surface area contributed by atoms with Gasteiger partial charge in [0.15, 0.2) is 0 Å². The molecule has 6 nitrogen and oxygen atoms in total. The van der Waals surface area contributed by atoms with E-state index < -0.39 is 5.97 Å². The highest BCUT2D eigenvalue weighted by atomic mass is 32.1. The number of benzene rings is 1. The molecule has 0 atom stereocenters. The zero-order valence-electron chi connectivity index (χ0n) is 13.4. The number of nitrogens with zero attached hydrogens (tertiary/aromatic N) is 1. The zero-order valence-corrected chi connectivity index (χ0v) is 14.2. The molecule has 1 amide bonds. The second kappa shape index (κ2) is 9.05. The van der Waals surface area contributed by atoms with Crippen molar-refractivity contribution in [3.8, 4) is 5.75 Å². The Bertz CT molecular complexity index is 673. The molecule has 0 bridgehead atoms. The first-order valence-corrected chi connectivity index (χ1v) is 8.31. The maximum Gasteiger partial charge on any atom is 0.322 e. The van der Waals surface area contributed by atoms with Crippen molar-refractivity contribution in [3.05, 3.63) is 52.2 Å². The summed E-state index contributed by atoms with van der Waals surface area (Å²) in [4.78, 5) is 25.7. The van der Waals surface area contributed by atoms with Crippen LogP contribution >= 0.6 is 11.3 Å². The summed E-state index contributed by atoms with van der Waals surface area (Å²) in [6, 6.07) is 11.6. The smallest absolute Gasteiger partial charge is 0.322 e. The molecule has 24 heavy (non-hydrogen) atoms. The van der Waals surface area contributed by atoms with E-state index in [2.05, 4.69) is 5.32 Å². The van der Waals surface area contributed by atoms with Crippen LogP contribution in [0.5, 0.6) is 5.75 Å². The number of aliphatic carboxylic acids is 1. The standard InChI is InChI=1S/C17H20N2O4S/c1-23-15-7-3-2-5-13(15)10-19(11-14-6-4-8-24-14)12-16(20)18-9-17(21)22/h2-8H,9-12H2,1H3,(H,18,20)(H,21,22). The third-order valence-corrected chi connectivity index (χ3v) is 4.21. The quantitative estimate of drug-likeness (QED) is 0.724. The Labute approximate surface area is 144 Å². The van der Waals surface area contributed by atoms with E-state index in [1.165, 1.54) is 0 Å². The molecule has 2 aromatic rings. The molecule has 0 aliphatic heterocycles. The Morgan fingerprint density at radius 1 is 1.21 bits per heavy atom.